The van der Waals surface area contributed by atoms with Crippen LogP contribution >= 0.6 is 0 Å². The SMILES string of the molecule is O=C(O)O.O=C1CCNC1=O. The van der Waals surface area contributed by atoms with Crippen LogP contribution in [0.2, 0.25) is 0 Å². The molecule has 1 heterocycles. The number of hydrogen-bond acceptors (Lipinski definition) is 3. The first-order chi connectivity index (χ1) is 5.04. The second kappa shape index (κ2) is 4.26. The van der Waals surface area contributed by atoms with Crippen LogP contribution in [0.1, 0.15) is 6.42 Å². The number of carbonyl (C=O) groups is 3. The number of amides is 1. The zero-order chi connectivity index (χ0) is 8.85. The maximum absolute atomic E-state index is 10.2. The molecule has 0 aromatic carbocycles. The number of hydrogen-bond donors (Lipinski definition) is 3. The third-order valence-electron chi connectivity index (χ3n) is 0.891. The Bertz CT molecular complexity index is 169. The van der Waals surface area contributed by atoms with E-state index in [0.29, 0.717) is 13.0 Å². The van der Waals surface area contributed by atoms with Gasteiger partial charge in [0.25, 0.3) is 5.91 Å². The summed E-state index contributed by atoms with van der Waals surface area (Å²) in [5.41, 5.74) is 0. The summed E-state index contributed by atoms with van der Waals surface area (Å²) in [6, 6.07) is 0. The summed E-state index contributed by atoms with van der Waals surface area (Å²) >= 11 is 0. The van der Waals surface area contributed by atoms with E-state index in [1.807, 2.05) is 0 Å². The highest BCUT2D eigenvalue weighted by atomic mass is 16.6. The molecule has 0 aliphatic carbocycles. The second-order valence-corrected chi connectivity index (χ2v) is 1.71. The molecular formula is C5H7NO5. The van der Waals surface area contributed by atoms with Crippen LogP contribution < -0.4 is 5.32 Å². The van der Waals surface area contributed by atoms with Crippen molar-refractivity contribution in [2.24, 2.45) is 0 Å². The minimum Gasteiger partial charge on any atom is -0.450 e. The summed E-state index contributed by atoms with van der Waals surface area (Å²) < 4.78 is 0. The van der Waals surface area contributed by atoms with Gasteiger partial charge in [0.15, 0.2) is 0 Å². The fourth-order valence-corrected chi connectivity index (χ4v) is 0.502. The molecule has 1 rings (SSSR count). The molecule has 0 spiro atoms. The Hall–Kier alpha value is -1.59. The Morgan fingerprint density at radius 3 is 1.91 bits per heavy atom. The van der Waals surface area contributed by atoms with Crippen molar-refractivity contribution in [1.29, 1.82) is 0 Å². The maximum atomic E-state index is 10.2. The summed E-state index contributed by atoms with van der Waals surface area (Å²) in [4.78, 5) is 28.8. The largest absolute Gasteiger partial charge is 0.503 e. The number of nitrogens with one attached hydrogen (secondary N) is 1. The highest BCUT2D eigenvalue weighted by Gasteiger charge is 2.18. The van der Waals surface area contributed by atoms with Gasteiger partial charge >= 0.3 is 6.16 Å². The lowest BCUT2D eigenvalue weighted by Gasteiger charge is -1.78. The Morgan fingerprint density at radius 1 is 1.36 bits per heavy atom. The molecule has 62 valence electrons. The van der Waals surface area contributed by atoms with Crippen LogP contribution in [0.4, 0.5) is 4.79 Å². The Morgan fingerprint density at radius 2 is 1.82 bits per heavy atom. The third kappa shape index (κ3) is 4.89. The van der Waals surface area contributed by atoms with Crippen LogP contribution in [-0.4, -0.2) is 34.6 Å². The minimum atomic E-state index is -1.83. The Labute approximate surface area is 61.8 Å². The van der Waals surface area contributed by atoms with Gasteiger partial charge in [-0.15, -0.1) is 0 Å². The van der Waals surface area contributed by atoms with Crippen molar-refractivity contribution in [2.45, 2.75) is 6.42 Å². The average molecular weight is 161 g/mol. The minimum absolute atomic E-state index is 0.292. The summed E-state index contributed by atoms with van der Waals surface area (Å²) in [7, 11) is 0. The van der Waals surface area contributed by atoms with Crippen LogP contribution in [0.5, 0.6) is 0 Å². The molecule has 0 saturated carbocycles. The van der Waals surface area contributed by atoms with Crippen LogP contribution in [0.15, 0.2) is 0 Å². The zero-order valence-corrected chi connectivity index (χ0v) is 5.53. The van der Waals surface area contributed by atoms with Gasteiger partial charge in [-0.3, -0.25) is 9.59 Å². The maximum Gasteiger partial charge on any atom is 0.503 e. The normalized spacial score (nSPS) is 14.9. The molecule has 6 heteroatoms. The van der Waals surface area contributed by atoms with E-state index < -0.39 is 12.1 Å². The molecule has 1 aliphatic heterocycles. The smallest absolute Gasteiger partial charge is 0.450 e. The molecule has 0 radical (unpaired) electrons. The van der Waals surface area contributed by atoms with Crippen LogP contribution in [0.25, 0.3) is 0 Å². The topological polar surface area (TPSA) is 104 Å². The monoisotopic (exact) mass is 161 g/mol. The highest BCUT2D eigenvalue weighted by Crippen LogP contribution is 1.88. The van der Waals surface area contributed by atoms with Crippen LogP contribution in [0, 0.1) is 0 Å². The van der Waals surface area contributed by atoms with Gasteiger partial charge in [0.2, 0.25) is 5.78 Å². The fraction of sp³-hybridized carbons (Fsp3) is 0.400. The van der Waals surface area contributed by atoms with Crippen molar-refractivity contribution in [1.82, 2.24) is 5.32 Å². The Balaban J connectivity index is 0.000000218. The number of rotatable bonds is 0. The van der Waals surface area contributed by atoms with Crippen molar-refractivity contribution in [3.63, 3.8) is 0 Å². The van der Waals surface area contributed by atoms with Gasteiger partial charge < -0.3 is 15.5 Å². The summed E-state index contributed by atoms with van der Waals surface area (Å²) in [6.45, 7) is 0.525. The first kappa shape index (κ1) is 9.41. The lowest BCUT2D eigenvalue weighted by atomic mass is 10.3. The molecule has 6 nitrogen and oxygen atoms in total. The molecule has 1 saturated heterocycles. The van der Waals surface area contributed by atoms with Gasteiger partial charge in [-0.1, -0.05) is 0 Å². The molecule has 0 bridgehead atoms. The second-order valence-electron chi connectivity index (χ2n) is 1.71. The molecule has 0 unspecified atom stereocenters. The summed E-state index contributed by atoms with van der Waals surface area (Å²) in [5, 5.41) is 16.3. The van der Waals surface area contributed by atoms with Crippen molar-refractivity contribution in [3.8, 4) is 0 Å². The van der Waals surface area contributed by atoms with E-state index in [0.717, 1.165) is 0 Å². The van der Waals surface area contributed by atoms with E-state index in [4.69, 9.17) is 15.0 Å². The predicted octanol–water partition coefficient (Wildman–Crippen LogP) is -0.702. The van der Waals surface area contributed by atoms with E-state index >= 15 is 0 Å². The number of Topliss-reactive ketones (excluding diaryl/α,β-unsaturated/α-hetero) is 1. The lowest BCUT2D eigenvalue weighted by Crippen LogP contribution is -2.18. The van der Waals surface area contributed by atoms with Crippen molar-refractivity contribution < 1.29 is 24.6 Å². The third-order valence-corrected chi connectivity index (χ3v) is 0.891. The zero-order valence-electron chi connectivity index (χ0n) is 5.53. The molecule has 0 atom stereocenters. The molecule has 0 aromatic heterocycles. The molecule has 1 fully saturated rings. The van der Waals surface area contributed by atoms with Gasteiger partial charge in [0.1, 0.15) is 0 Å². The standard InChI is InChI=1S/C4H5NO2.CH2O3/c6-3-1-2-5-4(3)7;2-1(3)4/h1-2H2,(H,5,7);(H2,2,3,4). The molecule has 1 amide bonds. The molecule has 1 aliphatic rings. The van der Waals surface area contributed by atoms with Crippen LogP contribution in [0.3, 0.4) is 0 Å². The average Bonchev–Trinajstić information content (AvgIpc) is 2.15. The van der Waals surface area contributed by atoms with E-state index in [9.17, 15) is 9.59 Å². The van der Waals surface area contributed by atoms with Gasteiger partial charge in [0, 0.05) is 13.0 Å². The molecule has 3 N–H and O–H groups in total. The molecule has 0 aromatic rings. The highest BCUT2D eigenvalue weighted by molar-refractivity contribution is 6.37. The fourth-order valence-electron chi connectivity index (χ4n) is 0.502. The molecule has 11 heavy (non-hydrogen) atoms. The first-order valence-corrected chi connectivity index (χ1v) is 2.77. The van der Waals surface area contributed by atoms with Gasteiger partial charge in [-0.05, 0) is 0 Å². The van der Waals surface area contributed by atoms with E-state index in [-0.39, 0.29) is 5.78 Å². The number of ketones is 1. The van der Waals surface area contributed by atoms with Crippen molar-refractivity contribution >= 4 is 17.8 Å². The number of carboxylic acid groups (broad SMARTS) is 2. The first-order valence-electron chi connectivity index (χ1n) is 2.77. The van der Waals surface area contributed by atoms with Gasteiger partial charge in [-0.25, -0.2) is 4.79 Å². The van der Waals surface area contributed by atoms with E-state index in [2.05, 4.69) is 5.32 Å². The summed E-state index contributed by atoms with van der Waals surface area (Å²) in [6.07, 6.45) is -1.46. The molecular weight excluding hydrogens is 154 g/mol. The van der Waals surface area contributed by atoms with Crippen LogP contribution in [-0.2, 0) is 9.59 Å². The van der Waals surface area contributed by atoms with Crippen molar-refractivity contribution in [2.75, 3.05) is 6.54 Å². The van der Waals surface area contributed by atoms with Crippen molar-refractivity contribution in [3.05, 3.63) is 0 Å². The van der Waals surface area contributed by atoms with Gasteiger partial charge in [-0.2, -0.15) is 0 Å². The van der Waals surface area contributed by atoms with E-state index in [1.165, 1.54) is 0 Å². The quantitative estimate of drug-likeness (QED) is 0.407. The predicted molar refractivity (Wildman–Crippen MR) is 33.3 cm³/mol. The Kier molecular flexibility index (Phi) is 3.65. The van der Waals surface area contributed by atoms with Gasteiger partial charge in [0.05, 0.1) is 0 Å². The lowest BCUT2D eigenvalue weighted by molar-refractivity contribution is -0.135. The van der Waals surface area contributed by atoms with E-state index in [1.54, 1.807) is 0 Å². The number of carbonyl (C=O) groups excluding carboxylic acids is 2. The summed E-state index contributed by atoms with van der Waals surface area (Å²) in [5.74, 6) is -0.722.